The lowest BCUT2D eigenvalue weighted by Crippen LogP contribution is -2.37. The highest BCUT2D eigenvalue weighted by atomic mass is 16.2. The maximum absolute atomic E-state index is 12.2. The molecular weight excluding hydrogens is 264 g/mol. The molecule has 0 unspecified atom stereocenters. The molecule has 0 aliphatic carbocycles. The molecular formula is C16H18N4O. The molecule has 21 heavy (non-hydrogen) atoms. The summed E-state index contributed by atoms with van der Waals surface area (Å²) in [6, 6.07) is 3.37. The quantitative estimate of drug-likeness (QED) is 0.461. The molecule has 0 heterocycles. The van der Waals surface area contributed by atoms with Crippen LogP contribution >= 0.6 is 0 Å². The van der Waals surface area contributed by atoms with E-state index in [1.54, 1.807) is 25.2 Å². The van der Waals surface area contributed by atoms with Crippen LogP contribution in [0.15, 0.2) is 60.5 Å². The van der Waals surface area contributed by atoms with E-state index in [1.807, 2.05) is 19.1 Å². The normalized spacial score (nSPS) is 11.5. The van der Waals surface area contributed by atoms with Gasteiger partial charge in [0.15, 0.2) is 0 Å². The van der Waals surface area contributed by atoms with Crippen molar-refractivity contribution in [3.05, 3.63) is 60.5 Å². The smallest absolute Gasteiger partial charge is 0.315 e. The number of nitriles is 2. The number of hydrogen-bond acceptors (Lipinski definition) is 3. The highest BCUT2D eigenvalue weighted by Crippen LogP contribution is 2.14. The summed E-state index contributed by atoms with van der Waals surface area (Å²) in [5.74, 6) is 0. The standard InChI is InChI=1S/C16H18N4O/c1-4-6-12-20(16(21)19-11-5-2)15(14(3)13-18)9-7-8-10-17/h4-9,11H,3,12H2,1-2H3,(H,19,21)/b6-4+,8-7+,11-5+,15-9+. The van der Waals surface area contributed by atoms with Gasteiger partial charge < -0.3 is 5.32 Å². The Bertz CT molecular complexity index is 568. The lowest BCUT2D eigenvalue weighted by molar-refractivity contribution is 0.219. The fourth-order valence-electron chi connectivity index (χ4n) is 1.33. The first-order valence-electron chi connectivity index (χ1n) is 6.28. The number of carbonyl (C=O) groups excluding carboxylic acids is 1. The second-order valence-corrected chi connectivity index (χ2v) is 3.76. The molecule has 5 heteroatoms. The van der Waals surface area contributed by atoms with E-state index in [9.17, 15) is 4.79 Å². The van der Waals surface area contributed by atoms with Gasteiger partial charge in [-0.1, -0.05) is 24.8 Å². The minimum absolute atomic E-state index is 0.137. The van der Waals surface area contributed by atoms with E-state index in [1.165, 1.54) is 29.3 Å². The predicted molar refractivity (Wildman–Crippen MR) is 82.5 cm³/mol. The van der Waals surface area contributed by atoms with Gasteiger partial charge in [0.05, 0.1) is 17.3 Å². The third-order valence-corrected chi connectivity index (χ3v) is 2.30. The summed E-state index contributed by atoms with van der Waals surface area (Å²) in [6.07, 6.45) is 11.0. The number of rotatable bonds is 6. The fraction of sp³-hybridized carbons (Fsp3) is 0.188. The summed E-state index contributed by atoms with van der Waals surface area (Å²) in [5.41, 5.74) is 0.474. The first-order valence-corrected chi connectivity index (χ1v) is 6.28. The molecule has 0 aliphatic rings. The molecule has 0 aromatic heterocycles. The van der Waals surface area contributed by atoms with Crippen molar-refractivity contribution in [2.24, 2.45) is 0 Å². The van der Waals surface area contributed by atoms with Crippen molar-refractivity contribution in [3.8, 4) is 12.1 Å². The molecule has 0 aliphatic heterocycles. The van der Waals surface area contributed by atoms with Crippen LogP contribution < -0.4 is 5.32 Å². The van der Waals surface area contributed by atoms with Crippen LogP contribution in [-0.4, -0.2) is 17.5 Å². The van der Waals surface area contributed by atoms with E-state index in [4.69, 9.17) is 10.5 Å². The van der Waals surface area contributed by atoms with Crippen LogP contribution in [0.5, 0.6) is 0 Å². The number of hydrogen-bond donors (Lipinski definition) is 1. The summed E-state index contributed by atoms with van der Waals surface area (Å²) in [4.78, 5) is 13.5. The molecule has 108 valence electrons. The second kappa shape index (κ2) is 10.8. The molecule has 0 saturated carbocycles. The number of urea groups is 1. The van der Waals surface area contributed by atoms with Gasteiger partial charge in [-0.25, -0.2) is 4.79 Å². The summed E-state index contributed by atoms with van der Waals surface area (Å²) in [5, 5.41) is 20.1. The topological polar surface area (TPSA) is 79.9 Å². The Morgan fingerprint density at radius 2 is 2.05 bits per heavy atom. The van der Waals surface area contributed by atoms with Gasteiger partial charge >= 0.3 is 6.03 Å². The van der Waals surface area contributed by atoms with Crippen molar-refractivity contribution in [1.82, 2.24) is 10.2 Å². The summed E-state index contributed by atoms with van der Waals surface area (Å²) in [6.45, 7) is 7.53. The second-order valence-electron chi connectivity index (χ2n) is 3.76. The number of nitrogens with zero attached hydrogens (tertiary/aromatic N) is 3. The Hall–Kier alpha value is -3.05. The molecule has 0 radical (unpaired) electrons. The summed E-state index contributed by atoms with van der Waals surface area (Å²) < 4.78 is 0. The van der Waals surface area contributed by atoms with Gasteiger partial charge in [-0.15, -0.1) is 0 Å². The van der Waals surface area contributed by atoms with Gasteiger partial charge in [0.25, 0.3) is 0 Å². The molecule has 5 nitrogen and oxygen atoms in total. The van der Waals surface area contributed by atoms with Gasteiger partial charge in [-0.3, -0.25) is 4.90 Å². The molecule has 1 N–H and O–H groups in total. The Morgan fingerprint density at radius 1 is 1.33 bits per heavy atom. The van der Waals surface area contributed by atoms with Crippen LogP contribution in [-0.2, 0) is 0 Å². The van der Waals surface area contributed by atoms with Crippen molar-refractivity contribution in [1.29, 1.82) is 10.5 Å². The van der Waals surface area contributed by atoms with E-state index in [0.29, 0.717) is 5.70 Å². The first kappa shape index (κ1) is 17.9. The molecule has 0 fully saturated rings. The number of carbonyl (C=O) groups is 1. The molecule has 0 spiro atoms. The van der Waals surface area contributed by atoms with E-state index in [0.717, 1.165) is 0 Å². The Morgan fingerprint density at radius 3 is 2.57 bits per heavy atom. The fourth-order valence-corrected chi connectivity index (χ4v) is 1.33. The summed E-state index contributed by atoms with van der Waals surface area (Å²) in [7, 11) is 0. The predicted octanol–water partition coefficient (Wildman–Crippen LogP) is 3.15. The lowest BCUT2D eigenvalue weighted by Gasteiger charge is -2.23. The van der Waals surface area contributed by atoms with Gasteiger partial charge in [-0.2, -0.15) is 10.5 Å². The molecule has 0 rings (SSSR count). The number of amides is 2. The van der Waals surface area contributed by atoms with Crippen LogP contribution in [0.4, 0.5) is 4.79 Å². The maximum Gasteiger partial charge on any atom is 0.326 e. The van der Waals surface area contributed by atoms with Crippen molar-refractivity contribution >= 4 is 6.03 Å². The molecule has 0 saturated heterocycles. The van der Waals surface area contributed by atoms with Crippen LogP contribution in [0.2, 0.25) is 0 Å². The lowest BCUT2D eigenvalue weighted by atomic mass is 10.2. The first-order chi connectivity index (χ1) is 10.1. The van der Waals surface area contributed by atoms with Gasteiger partial charge in [0.2, 0.25) is 0 Å². The minimum atomic E-state index is -0.390. The van der Waals surface area contributed by atoms with Crippen molar-refractivity contribution < 1.29 is 4.79 Å². The highest BCUT2D eigenvalue weighted by Gasteiger charge is 2.17. The highest BCUT2D eigenvalue weighted by molar-refractivity contribution is 5.78. The van der Waals surface area contributed by atoms with Crippen molar-refractivity contribution in [2.45, 2.75) is 13.8 Å². The number of nitrogens with one attached hydrogen (secondary N) is 1. The van der Waals surface area contributed by atoms with Crippen molar-refractivity contribution in [2.75, 3.05) is 6.54 Å². The molecule has 2 amide bonds. The van der Waals surface area contributed by atoms with Crippen LogP contribution in [0.25, 0.3) is 0 Å². The SMILES string of the molecule is C=C(C#N)/C(=C\C=C\C#N)N(C/C=C/C)C(=O)N/C=C/C. The maximum atomic E-state index is 12.2. The molecule has 0 aromatic carbocycles. The van der Waals surface area contributed by atoms with Gasteiger partial charge in [0.1, 0.15) is 6.07 Å². The largest absolute Gasteiger partial charge is 0.326 e. The zero-order valence-electron chi connectivity index (χ0n) is 12.2. The molecule has 0 atom stereocenters. The van der Waals surface area contributed by atoms with Crippen molar-refractivity contribution in [3.63, 3.8) is 0 Å². The third-order valence-electron chi connectivity index (χ3n) is 2.30. The summed E-state index contributed by atoms with van der Waals surface area (Å²) >= 11 is 0. The monoisotopic (exact) mass is 282 g/mol. The molecule has 0 bridgehead atoms. The Balaban J connectivity index is 5.57. The van der Waals surface area contributed by atoms with E-state index in [2.05, 4.69) is 11.9 Å². The van der Waals surface area contributed by atoms with Crippen LogP contribution in [0, 0.1) is 22.7 Å². The van der Waals surface area contributed by atoms with E-state index >= 15 is 0 Å². The number of allylic oxidation sites excluding steroid dienone is 6. The molecule has 0 aromatic rings. The van der Waals surface area contributed by atoms with Crippen LogP contribution in [0.1, 0.15) is 13.8 Å². The van der Waals surface area contributed by atoms with Gasteiger partial charge in [0, 0.05) is 18.8 Å². The van der Waals surface area contributed by atoms with E-state index < -0.39 is 0 Å². The Kier molecular flexibility index (Phi) is 9.26. The zero-order valence-corrected chi connectivity index (χ0v) is 12.2. The zero-order chi connectivity index (χ0) is 16.1. The van der Waals surface area contributed by atoms with Crippen LogP contribution in [0.3, 0.4) is 0 Å². The minimum Gasteiger partial charge on any atom is -0.315 e. The average Bonchev–Trinajstić information content (AvgIpc) is 2.50. The average molecular weight is 282 g/mol. The third kappa shape index (κ3) is 6.60. The Labute approximate surface area is 125 Å². The van der Waals surface area contributed by atoms with Gasteiger partial charge in [-0.05, 0) is 26.0 Å². The van der Waals surface area contributed by atoms with E-state index in [-0.39, 0.29) is 18.1 Å².